The van der Waals surface area contributed by atoms with E-state index in [1.54, 1.807) is 12.1 Å². The third-order valence-electron chi connectivity index (χ3n) is 4.55. The lowest BCUT2D eigenvalue weighted by molar-refractivity contribution is 0.308. The van der Waals surface area contributed by atoms with Crippen LogP contribution in [0.4, 0.5) is 0 Å². The van der Waals surface area contributed by atoms with E-state index in [1.807, 2.05) is 36.7 Å². The lowest BCUT2D eigenvalue weighted by Gasteiger charge is -2.34. The van der Waals surface area contributed by atoms with Gasteiger partial charge < -0.3 is 9.47 Å². The summed E-state index contributed by atoms with van der Waals surface area (Å²) in [6.07, 6.45) is 1.37. The van der Waals surface area contributed by atoms with Gasteiger partial charge in [0, 0.05) is 19.0 Å². The molecule has 1 fully saturated rings. The highest BCUT2D eigenvalue weighted by Crippen LogP contribution is 2.36. The minimum absolute atomic E-state index is 0.118. The number of benzene rings is 1. The van der Waals surface area contributed by atoms with Gasteiger partial charge in [-0.25, -0.2) is 13.1 Å². The highest BCUT2D eigenvalue weighted by atomic mass is 32.2. The molecule has 0 radical (unpaired) electrons. The first-order valence-electron chi connectivity index (χ1n) is 8.35. The van der Waals surface area contributed by atoms with Crippen molar-refractivity contribution in [3.8, 4) is 6.07 Å². The molecule has 1 aliphatic carbocycles. The second-order valence-corrected chi connectivity index (χ2v) is 8.61. The summed E-state index contributed by atoms with van der Waals surface area (Å²) >= 11 is 0. The number of nitrogens with one attached hydrogen (secondary N) is 1. The van der Waals surface area contributed by atoms with Gasteiger partial charge in [-0.3, -0.25) is 0 Å². The standard InChI is InChI=1S/C17H22N6O2S/c1-22(2)11-16-19-20-17(23(16)3)13-8-14(9-13)21-26(24,25)15-6-4-5-12(7-15)10-18/h4-7,13-14,21H,8-9,11H2,1-3H3. The molecule has 1 heterocycles. The van der Waals surface area contributed by atoms with E-state index in [2.05, 4.69) is 14.9 Å². The summed E-state index contributed by atoms with van der Waals surface area (Å²) in [7, 11) is 2.27. The van der Waals surface area contributed by atoms with E-state index in [9.17, 15) is 8.42 Å². The van der Waals surface area contributed by atoms with Crippen LogP contribution < -0.4 is 4.72 Å². The van der Waals surface area contributed by atoms with Crippen LogP contribution in [0.15, 0.2) is 29.2 Å². The fourth-order valence-corrected chi connectivity index (χ4v) is 4.40. The Balaban J connectivity index is 1.64. The fraction of sp³-hybridized carbons (Fsp3) is 0.471. The van der Waals surface area contributed by atoms with Gasteiger partial charge in [0.25, 0.3) is 0 Å². The molecule has 2 aromatic rings. The van der Waals surface area contributed by atoms with Gasteiger partial charge in [0.1, 0.15) is 11.6 Å². The van der Waals surface area contributed by atoms with Gasteiger partial charge in [-0.05, 0) is 45.1 Å². The minimum Gasteiger partial charge on any atom is -0.317 e. The van der Waals surface area contributed by atoms with Crippen molar-refractivity contribution in [2.75, 3.05) is 14.1 Å². The molecule has 26 heavy (non-hydrogen) atoms. The predicted octanol–water partition coefficient (Wildman–Crippen LogP) is 0.973. The Hall–Kier alpha value is -2.28. The van der Waals surface area contributed by atoms with E-state index in [4.69, 9.17) is 5.26 Å². The molecule has 138 valence electrons. The number of aromatic nitrogens is 3. The van der Waals surface area contributed by atoms with Crippen molar-refractivity contribution in [1.82, 2.24) is 24.4 Å². The van der Waals surface area contributed by atoms with Crippen LogP contribution in [0.2, 0.25) is 0 Å². The Labute approximate surface area is 153 Å². The van der Waals surface area contributed by atoms with Crippen LogP contribution in [0.3, 0.4) is 0 Å². The van der Waals surface area contributed by atoms with Gasteiger partial charge in [0.2, 0.25) is 10.0 Å². The first-order valence-corrected chi connectivity index (χ1v) is 9.84. The molecule has 0 saturated heterocycles. The fourth-order valence-electron chi connectivity index (χ4n) is 3.10. The topological polar surface area (TPSA) is 104 Å². The SMILES string of the molecule is CN(C)Cc1nnc(C2CC(NS(=O)(=O)c3cccc(C#N)c3)C2)n1C. The Kier molecular flexibility index (Phi) is 5.09. The Morgan fingerprint density at radius 1 is 1.35 bits per heavy atom. The number of nitrogens with zero attached hydrogens (tertiary/aromatic N) is 5. The molecule has 0 unspecified atom stereocenters. The van der Waals surface area contributed by atoms with Crippen molar-refractivity contribution in [2.45, 2.75) is 36.2 Å². The molecule has 3 rings (SSSR count). The molecule has 0 aliphatic heterocycles. The lowest BCUT2D eigenvalue weighted by Crippen LogP contribution is -2.43. The summed E-state index contributed by atoms with van der Waals surface area (Å²) in [5.41, 5.74) is 0.326. The maximum absolute atomic E-state index is 12.5. The predicted molar refractivity (Wildman–Crippen MR) is 95.6 cm³/mol. The summed E-state index contributed by atoms with van der Waals surface area (Å²) < 4.78 is 29.7. The minimum atomic E-state index is -3.63. The van der Waals surface area contributed by atoms with Gasteiger partial charge in [0.05, 0.1) is 23.1 Å². The Morgan fingerprint density at radius 3 is 2.73 bits per heavy atom. The molecule has 9 heteroatoms. The summed E-state index contributed by atoms with van der Waals surface area (Å²) in [4.78, 5) is 2.15. The monoisotopic (exact) mass is 374 g/mol. The molecular formula is C17H22N6O2S. The average molecular weight is 374 g/mol. The van der Waals surface area contributed by atoms with Crippen molar-refractivity contribution < 1.29 is 8.42 Å². The number of rotatable bonds is 6. The van der Waals surface area contributed by atoms with Crippen LogP contribution in [0.5, 0.6) is 0 Å². The van der Waals surface area contributed by atoms with E-state index in [-0.39, 0.29) is 16.9 Å². The molecule has 1 aromatic carbocycles. The third kappa shape index (κ3) is 3.77. The first kappa shape index (κ1) is 18.5. The Bertz CT molecular complexity index is 938. The van der Waals surface area contributed by atoms with E-state index in [0.717, 1.165) is 11.6 Å². The molecule has 0 spiro atoms. The van der Waals surface area contributed by atoms with E-state index in [1.165, 1.54) is 12.1 Å². The largest absolute Gasteiger partial charge is 0.317 e. The third-order valence-corrected chi connectivity index (χ3v) is 6.07. The summed E-state index contributed by atoms with van der Waals surface area (Å²) in [6, 6.07) is 7.86. The van der Waals surface area contributed by atoms with Crippen LogP contribution in [-0.2, 0) is 23.6 Å². The molecule has 0 amide bonds. The molecule has 1 aliphatic rings. The van der Waals surface area contributed by atoms with Crippen LogP contribution in [0.25, 0.3) is 0 Å². The second-order valence-electron chi connectivity index (χ2n) is 6.90. The van der Waals surface area contributed by atoms with Crippen molar-refractivity contribution in [3.63, 3.8) is 0 Å². The second kappa shape index (κ2) is 7.15. The van der Waals surface area contributed by atoms with Gasteiger partial charge in [-0.15, -0.1) is 10.2 Å². The Morgan fingerprint density at radius 2 is 2.08 bits per heavy atom. The highest BCUT2D eigenvalue weighted by molar-refractivity contribution is 7.89. The normalized spacial score (nSPS) is 20.0. The van der Waals surface area contributed by atoms with E-state index in [0.29, 0.717) is 24.9 Å². The smallest absolute Gasteiger partial charge is 0.240 e. The zero-order chi connectivity index (χ0) is 18.9. The molecular weight excluding hydrogens is 352 g/mol. The van der Waals surface area contributed by atoms with Crippen LogP contribution in [-0.4, -0.2) is 48.2 Å². The molecule has 1 N–H and O–H groups in total. The maximum atomic E-state index is 12.5. The molecule has 8 nitrogen and oxygen atoms in total. The highest BCUT2D eigenvalue weighted by Gasteiger charge is 2.36. The summed E-state index contributed by atoms with van der Waals surface area (Å²) in [6.45, 7) is 0.710. The molecule has 0 atom stereocenters. The van der Waals surface area contributed by atoms with Gasteiger partial charge in [-0.1, -0.05) is 6.07 Å². The zero-order valence-electron chi connectivity index (χ0n) is 15.0. The van der Waals surface area contributed by atoms with Crippen molar-refractivity contribution >= 4 is 10.0 Å². The number of nitriles is 1. The lowest BCUT2D eigenvalue weighted by atomic mass is 9.80. The van der Waals surface area contributed by atoms with Crippen LogP contribution >= 0.6 is 0 Å². The van der Waals surface area contributed by atoms with E-state index < -0.39 is 10.0 Å². The van der Waals surface area contributed by atoms with Crippen LogP contribution in [0.1, 0.15) is 36.0 Å². The van der Waals surface area contributed by atoms with Gasteiger partial charge in [-0.2, -0.15) is 5.26 Å². The molecule has 0 bridgehead atoms. The van der Waals surface area contributed by atoms with Crippen LogP contribution in [0, 0.1) is 11.3 Å². The van der Waals surface area contributed by atoms with E-state index >= 15 is 0 Å². The summed E-state index contributed by atoms with van der Waals surface area (Å²) in [5, 5.41) is 17.4. The average Bonchev–Trinajstić information content (AvgIpc) is 2.90. The quantitative estimate of drug-likeness (QED) is 0.808. The van der Waals surface area contributed by atoms with Crippen molar-refractivity contribution in [1.29, 1.82) is 5.26 Å². The van der Waals surface area contributed by atoms with Crippen molar-refractivity contribution in [3.05, 3.63) is 41.5 Å². The molecule has 1 saturated carbocycles. The van der Waals surface area contributed by atoms with Crippen molar-refractivity contribution in [2.24, 2.45) is 7.05 Å². The number of hydrogen-bond acceptors (Lipinski definition) is 6. The number of hydrogen-bond donors (Lipinski definition) is 1. The zero-order valence-corrected chi connectivity index (χ0v) is 15.9. The molecule has 1 aromatic heterocycles. The van der Waals surface area contributed by atoms with Gasteiger partial charge >= 0.3 is 0 Å². The number of sulfonamides is 1. The first-order chi connectivity index (χ1) is 12.3. The summed E-state index contributed by atoms with van der Waals surface area (Å²) in [5.74, 6) is 1.98. The van der Waals surface area contributed by atoms with Gasteiger partial charge in [0.15, 0.2) is 0 Å². The maximum Gasteiger partial charge on any atom is 0.240 e.